The van der Waals surface area contributed by atoms with E-state index in [0.29, 0.717) is 23.3 Å². The van der Waals surface area contributed by atoms with E-state index in [0.717, 1.165) is 11.1 Å². The maximum absolute atomic E-state index is 12.5. The van der Waals surface area contributed by atoms with Crippen LogP contribution in [-0.2, 0) is 6.42 Å². The fourth-order valence-corrected chi connectivity index (χ4v) is 2.81. The molecule has 0 bridgehead atoms. The average molecular weight is 324 g/mol. The van der Waals surface area contributed by atoms with E-state index in [2.05, 4.69) is 0 Å². The first-order valence-corrected chi connectivity index (χ1v) is 7.92. The van der Waals surface area contributed by atoms with Crippen LogP contribution in [0, 0.1) is 0 Å². The maximum Gasteiger partial charge on any atom is 0.170 e. The molecule has 4 heteroatoms. The molecule has 3 rings (SSSR count). The van der Waals surface area contributed by atoms with Crippen LogP contribution in [-0.4, -0.2) is 16.0 Å². The third-order valence-corrected chi connectivity index (χ3v) is 4.15. The Labute approximate surface area is 141 Å². The van der Waals surface area contributed by atoms with Crippen molar-refractivity contribution in [3.8, 4) is 17.2 Å². The molecule has 0 spiro atoms. The number of hydrogen-bond acceptors (Lipinski definition) is 4. The fourth-order valence-electron chi connectivity index (χ4n) is 2.81. The monoisotopic (exact) mass is 324 g/mol. The molecule has 2 aromatic carbocycles. The van der Waals surface area contributed by atoms with Gasteiger partial charge in [0.25, 0.3) is 0 Å². The molecule has 1 aliphatic heterocycles. The van der Waals surface area contributed by atoms with Gasteiger partial charge in [-0.05, 0) is 50.1 Å². The van der Waals surface area contributed by atoms with Gasteiger partial charge in [-0.25, -0.2) is 0 Å². The first kappa shape index (κ1) is 16.1. The number of phenols is 2. The summed E-state index contributed by atoms with van der Waals surface area (Å²) in [5.74, 6) is 0.753. The summed E-state index contributed by atoms with van der Waals surface area (Å²) in [6.07, 6.45) is 2.32. The highest BCUT2D eigenvalue weighted by atomic mass is 16.5. The number of allylic oxidation sites excluding steroid dienone is 2. The first-order chi connectivity index (χ1) is 11.5. The smallest absolute Gasteiger partial charge is 0.170 e. The van der Waals surface area contributed by atoms with Gasteiger partial charge < -0.3 is 14.9 Å². The van der Waals surface area contributed by atoms with Crippen LogP contribution in [0.15, 0.2) is 48.0 Å². The van der Waals surface area contributed by atoms with Crippen LogP contribution >= 0.6 is 0 Å². The van der Waals surface area contributed by atoms with E-state index in [4.69, 9.17) is 4.74 Å². The molecule has 2 N–H and O–H groups in total. The van der Waals surface area contributed by atoms with Crippen LogP contribution in [0.1, 0.15) is 47.9 Å². The zero-order valence-corrected chi connectivity index (χ0v) is 13.7. The molecular weight excluding hydrogens is 304 g/mol. The van der Waals surface area contributed by atoms with Crippen molar-refractivity contribution in [2.75, 3.05) is 0 Å². The first-order valence-electron chi connectivity index (χ1n) is 7.92. The van der Waals surface area contributed by atoms with E-state index >= 15 is 0 Å². The van der Waals surface area contributed by atoms with Crippen LogP contribution in [0.25, 0.3) is 0 Å². The Morgan fingerprint density at radius 3 is 2.54 bits per heavy atom. The molecule has 0 saturated heterocycles. The third kappa shape index (κ3) is 3.13. The number of benzene rings is 2. The minimum atomic E-state index is -0.419. The zero-order chi connectivity index (χ0) is 17.3. The molecular formula is C20H20O4. The van der Waals surface area contributed by atoms with Crippen molar-refractivity contribution in [3.05, 3.63) is 64.7 Å². The summed E-state index contributed by atoms with van der Waals surface area (Å²) in [5.41, 5.74) is 3.10. The second-order valence-corrected chi connectivity index (χ2v) is 6.25. The molecule has 2 aromatic rings. The van der Waals surface area contributed by atoms with Gasteiger partial charge in [-0.1, -0.05) is 23.8 Å². The highest BCUT2D eigenvalue weighted by molar-refractivity contribution is 6.00. The van der Waals surface area contributed by atoms with Gasteiger partial charge in [0.1, 0.15) is 23.4 Å². The lowest BCUT2D eigenvalue weighted by molar-refractivity contribution is 0.0847. The molecule has 0 saturated carbocycles. The van der Waals surface area contributed by atoms with Gasteiger partial charge in [0.15, 0.2) is 5.78 Å². The number of hydrogen-bond donors (Lipinski definition) is 2. The zero-order valence-electron chi connectivity index (χ0n) is 13.7. The Kier molecular flexibility index (Phi) is 4.30. The van der Waals surface area contributed by atoms with Gasteiger partial charge in [-0.2, -0.15) is 0 Å². The molecule has 24 heavy (non-hydrogen) atoms. The Balaban J connectivity index is 2.01. The molecule has 4 nitrogen and oxygen atoms in total. The second-order valence-electron chi connectivity index (χ2n) is 6.25. The van der Waals surface area contributed by atoms with Crippen molar-refractivity contribution in [1.29, 1.82) is 0 Å². The number of ketones is 1. The molecule has 124 valence electrons. The van der Waals surface area contributed by atoms with E-state index in [-0.39, 0.29) is 23.7 Å². The largest absolute Gasteiger partial charge is 0.508 e. The van der Waals surface area contributed by atoms with Crippen molar-refractivity contribution in [2.24, 2.45) is 0 Å². The summed E-state index contributed by atoms with van der Waals surface area (Å²) in [6.45, 7) is 3.97. The van der Waals surface area contributed by atoms with E-state index in [1.807, 2.05) is 19.9 Å². The lowest BCUT2D eigenvalue weighted by Crippen LogP contribution is -2.21. The van der Waals surface area contributed by atoms with E-state index in [1.54, 1.807) is 36.4 Å². The minimum Gasteiger partial charge on any atom is -0.508 e. The van der Waals surface area contributed by atoms with Gasteiger partial charge in [-0.3, -0.25) is 4.79 Å². The Morgan fingerprint density at radius 2 is 1.88 bits per heavy atom. The number of rotatable bonds is 3. The molecule has 0 fully saturated rings. The molecule has 1 unspecified atom stereocenters. The summed E-state index contributed by atoms with van der Waals surface area (Å²) in [4.78, 5) is 12.5. The lowest BCUT2D eigenvalue weighted by Gasteiger charge is -2.27. The standard InChI is InChI=1S/C20H20O4/c1-12(2)3-8-15-17(22)10-9-16-18(23)11-19(24-20(15)16)13-4-6-14(21)7-5-13/h3-7,9-10,19,21-22H,8,11H2,1-2H3. The average Bonchev–Trinajstić information content (AvgIpc) is 2.54. The van der Waals surface area contributed by atoms with Gasteiger partial charge in [-0.15, -0.1) is 0 Å². The topological polar surface area (TPSA) is 66.8 Å². The minimum absolute atomic E-state index is 0.00669. The molecule has 1 heterocycles. The van der Waals surface area contributed by atoms with E-state index in [1.165, 1.54) is 0 Å². The van der Waals surface area contributed by atoms with Crippen LogP contribution < -0.4 is 4.74 Å². The van der Waals surface area contributed by atoms with E-state index < -0.39 is 6.10 Å². The Hall–Kier alpha value is -2.75. The SMILES string of the molecule is CC(C)=CCc1c(O)ccc2c1OC(c1ccc(O)cc1)CC2=O. The summed E-state index contributed by atoms with van der Waals surface area (Å²) >= 11 is 0. The van der Waals surface area contributed by atoms with Crippen molar-refractivity contribution in [1.82, 2.24) is 0 Å². The second kappa shape index (κ2) is 6.40. The molecule has 0 radical (unpaired) electrons. The number of fused-ring (bicyclic) bond motifs is 1. The number of aromatic hydroxyl groups is 2. The highest BCUT2D eigenvalue weighted by Gasteiger charge is 2.30. The number of carbonyl (C=O) groups excluding carboxylic acids is 1. The molecule has 1 aliphatic rings. The quantitative estimate of drug-likeness (QED) is 0.826. The Morgan fingerprint density at radius 1 is 1.17 bits per heavy atom. The molecule has 0 amide bonds. The predicted molar refractivity (Wildman–Crippen MR) is 91.7 cm³/mol. The molecule has 0 aliphatic carbocycles. The van der Waals surface area contributed by atoms with Crippen molar-refractivity contribution >= 4 is 5.78 Å². The van der Waals surface area contributed by atoms with Crippen LogP contribution in [0.4, 0.5) is 0 Å². The van der Waals surface area contributed by atoms with Crippen LogP contribution in [0.5, 0.6) is 17.2 Å². The van der Waals surface area contributed by atoms with E-state index in [9.17, 15) is 15.0 Å². The van der Waals surface area contributed by atoms with Gasteiger partial charge in [0.2, 0.25) is 0 Å². The number of phenolic OH excluding ortho intramolecular Hbond substituents is 2. The van der Waals surface area contributed by atoms with Crippen LogP contribution in [0.3, 0.4) is 0 Å². The van der Waals surface area contributed by atoms with Crippen molar-refractivity contribution < 1.29 is 19.7 Å². The normalized spacial score (nSPS) is 16.2. The summed E-state index contributed by atoms with van der Waals surface area (Å²) in [6, 6.07) is 9.81. The fraction of sp³-hybridized carbons (Fsp3) is 0.250. The highest BCUT2D eigenvalue weighted by Crippen LogP contribution is 2.41. The maximum atomic E-state index is 12.5. The Bertz CT molecular complexity index is 799. The third-order valence-electron chi connectivity index (χ3n) is 4.15. The van der Waals surface area contributed by atoms with Gasteiger partial charge in [0.05, 0.1) is 12.0 Å². The summed E-state index contributed by atoms with van der Waals surface area (Å²) in [5, 5.41) is 19.6. The van der Waals surface area contributed by atoms with Gasteiger partial charge in [0, 0.05) is 5.56 Å². The van der Waals surface area contributed by atoms with Crippen molar-refractivity contribution in [3.63, 3.8) is 0 Å². The predicted octanol–water partition coefficient (Wildman–Crippen LogP) is 4.31. The summed E-state index contributed by atoms with van der Waals surface area (Å²) < 4.78 is 6.08. The molecule has 1 atom stereocenters. The lowest BCUT2D eigenvalue weighted by atomic mass is 9.93. The molecule has 0 aromatic heterocycles. The number of ether oxygens (including phenoxy) is 1. The summed E-state index contributed by atoms with van der Waals surface area (Å²) in [7, 11) is 0. The van der Waals surface area contributed by atoms with Crippen LogP contribution in [0.2, 0.25) is 0 Å². The van der Waals surface area contributed by atoms with Gasteiger partial charge >= 0.3 is 0 Å². The number of Topliss-reactive ketones (excluding diaryl/α,β-unsaturated/α-hetero) is 1. The van der Waals surface area contributed by atoms with Crippen molar-refractivity contribution in [2.45, 2.75) is 32.8 Å². The number of carbonyl (C=O) groups is 1.